The van der Waals surface area contributed by atoms with Crippen LogP contribution in [-0.4, -0.2) is 23.8 Å². The van der Waals surface area contributed by atoms with Gasteiger partial charge in [0.05, 0.1) is 23.8 Å². The van der Waals surface area contributed by atoms with E-state index in [4.69, 9.17) is 4.74 Å². The van der Waals surface area contributed by atoms with Crippen molar-refractivity contribution in [1.82, 2.24) is 0 Å². The van der Waals surface area contributed by atoms with Gasteiger partial charge in [-0.1, -0.05) is 15.9 Å². The number of non-ortho nitro benzene ring substituents is 1. The summed E-state index contributed by atoms with van der Waals surface area (Å²) in [5.74, 6) is -1.71. The van der Waals surface area contributed by atoms with Crippen molar-refractivity contribution in [2.45, 2.75) is 6.92 Å². The van der Waals surface area contributed by atoms with E-state index in [1.807, 2.05) is 0 Å². The maximum Gasteiger partial charge on any atom is 0.314 e. The van der Waals surface area contributed by atoms with Gasteiger partial charge in [-0.25, -0.2) is 0 Å². The Labute approximate surface area is 151 Å². The lowest BCUT2D eigenvalue weighted by atomic mass is 10.2. The lowest BCUT2D eigenvalue weighted by Crippen LogP contribution is -2.29. The van der Waals surface area contributed by atoms with Crippen molar-refractivity contribution < 1.29 is 19.2 Å². The lowest BCUT2D eigenvalue weighted by molar-refractivity contribution is -0.384. The van der Waals surface area contributed by atoms with Gasteiger partial charge >= 0.3 is 11.8 Å². The Morgan fingerprint density at radius 2 is 1.68 bits per heavy atom. The molecule has 0 spiro atoms. The number of amides is 2. The van der Waals surface area contributed by atoms with E-state index in [-0.39, 0.29) is 17.1 Å². The molecule has 0 aliphatic rings. The number of nitrogens with zero attached hydrogens (tertiary/aromatic N) is 1. The van der Waals surface area contributed by atoms with Gasteiger partial charge in [0, 0.05) is 16.2 Å². The van der Waals surface area contributed by atoms with Gasteiger partial charge in [-0.05, 0) is 36.8 Å². The van der Waals surface area contributed by atoms with E-state index in [0.29, 0.717) is 5.69 Å². The molecule has 0 radical (unpaired) electrons. The van der Waals surface area contributed by atoms with E-state index >= 15 is 0 Å². The first-order valence-electron chi connectivity index (χ1n) is 7.02. The molecule has 0 heterocycles. The number of nitro groups is 1. The number of hydrogen-bond donors (Lipinski definition) is 2. The van der Waals surface area contributed by atoms with Gasteiger partial charge < -0.3 is 15.4 Å². The lowest BCUT2D eigenvalue weighted by Gasteiger charge is -2.11. The van der Waals surface area contributed by atoms with Crippen molar-refractivity contribution in [3.05, 3.63) is 56.5 Å². The quantitative estimate of drug-likeness (QED) is 0.459. The molecule has 130 valence electrons. The average molecular weight is 408 g/mol. The van der Waals surface area contributed by atoms with E-state index in [2.05, 4.69) is 26.6 Å². The van der Waals surface area contributed by atoms with Gasteiger partial charge in [-0.15, -0.1) is 0 Å². The number of carbonyl (C=O) groups is 2. The molecule has 0 saturated carbocycles. The van der Waals surface area contributed by atoms with Gasteiger partial charge in [0.25, 0.3) is 5.69 Å². The number of anilines is 2. The fourth-order valence-electron chi connectivity index (χ4n) is 2.02. The number of nitro benzene ring substituents is 1. The summed E-state index contributed by atoms with van der Waals surface area (Å²) < 4.78 is 5.86. The number of aryl methyl sites for hydroxylation is 1. The van der Waals surface area contributed by atoms with Crippen molar-refractivity contribution in [1.29, 1.82) is 0 Å². The number of methoxy groups -OCH3 is 1. The molecule has 0 aliphatic carbocycles. The number of halogens is 1. The smallest absolute Gasteiger partial charge is 0.314 e. The highest BCUT2D eigenvalue weighted by Gasteiger charge is 2.18. The van der Waals surface area contributed by atoms with Crippen LogP contribution in [0.15, 0.2) is 40.9 Å². The van der Waals surface area contributed by atoms with Crippen LogP contribution in [-0.2, 0) is 9.59 Å². The number of rotatable bonds is 4. The first kappa shape index (κ1) is 18.4. The minimum Gasteiger partial charge on any atom is -0.494 e. The monoisotopic (exact) mass is 407 g/mol. The Morgan fingerprint density at radius 3 is 2.24 bits per heavy atom. The highest BCUT2D eigenvalue weighted by atomic mass is 79.9. The molecule has 2 aromatic rings. The van der Waals surface area contributed by atoms with Crippen LogP contribution in [0.2, 0.25) is 0 Å². The minimum atomic E-state index is -0.922. The molecule has 0 atom stereocenters. The molecule has 2 rings (SSSR count). The fraction of sp³-hybridized carbons (Fsp3) is 0.125. The predicted octanol–water partition coefficient (Wildman–Crippen LogP) is 3.25. The predicted molar refractivity (Wildman–Crippen MR) is 95.8 cm³/mol. The van der Waals surface area contributed by atoms with E-state index in [0.717, 1.165) is 16.1 Å². The van der Waals surface area contributed by atoms with Crippen molar-refractivity contribution in [2.75, 3.05) is 17.7 Å². The number of hydrogen-bond acceptors (Lipinski definition) is 5. The summed E-state index contributed by atoms with van der Waals surface area (Å²) in [4.78, 5) is 34.3. The molecule has 2 N–H and O–H groups in total. The number of ether oxygens (including phenoxy) is 1. The molecule has 0 aromatic heterocycles. The van der Waals surface area contributed by atoms with Crippen LogP contribution in [0.4, 0.5) is 17.1 Å². The molecule has 0 unspecified atom stereocenters. The third-order valence-electron chi connectivity index (χ3n) is 3.29. The van der Waals surface area contributed by atoms with E-state index in [9.17, 15) is 19.7 Å². The zero-order valence-corrected chi connectivity index (χ0v) is 14.9. The molecule has 0 fully saturated rings. The summed E-state index contributed by atoms with van der Waals surface area (Å²) in [5.41, 5.74) is 1.24. The molecule has 0 aliphatic heterocycles. The zero-order valence-electron chi connectivity index (χ0n) is 13.3. The molecule has 9 heteroatoms. The van der Waals surface area contributed by atoms with Gasteiger partial charge in [0.15, 0.2) is 0 Å². The summed E-state index contributed by atoms with van der Waals surface area (Å²) >= 11 is 3.31. The summed E-state index contributed by atoms with van der Waals surface area (Å²) in [6, 6.07) is 8.86. The summed E-state index contributed by atoms with van der Waals surface area (Å²) in [5, 5.41) is 15.6. The highest BCUT2D eigenvalue weighted by Crippen LogP contribution is 2.29. The second-order valence-electron chi connectivity index (χ2n) is 5.01. The second-order valence-corrected chi connectivity index (χ2v) is 5.92. The van der Waals surface area contributed by atoms with Crippen molar-refractivity contribution in [2.24, 2.45) is 0 Å². The van der Waals surface area contributed by atoms with Crippen molar-refractivity contribution in [3.63, 3.8) is 0 Å². The maximum absolute atomic E-state index is 12.1. The van der Waals surface area contributed by atoms with E-state index in [1.54, 1.807) is 25.1 Å². The Bertz CT molecular complexity index is 854. The van der Waals surface area contributed by atoms with Crippen LogP contribution in [0.5, 0.6) is 5.75 Å². The van der Waals surface area contributed by atoms with Crippen LogP contribution < -0.4 is 15.4 Å². The molecule has 25 heavy (non-hydrogen) atoms. The van der Waals surface area contributed by atoms with Crippen LogP contribution >= 0.6 is 15.9 Å². The first-order valence-corrected chi connectivity index (χ1v) is 7.82. The van der Waals surface area contributed by atoms with Crippen LogP contribution in [0.1, 0.15) is 5.56 Å². The normalized spacial score (nSPS) is 10.0. The Hall–Kier alpha value is -2.94. The number of carbonyl (C=O) groups excluding carboxylic acids is 2. The minimum absolute atomic E-state index is 0.0789. The molecule has 0 saturated heterocycles. The number of nitrogens with one attached hydrogen (secondary N) is 2. The molecule has 0 bridgehead atoms. The Morgan fingerprint density at radius 1 is 1.08 bits per heavy atom. The largest absolute Gasteiger partial charge is 0.494 e. The average Bonchev–Trinajstić information content (AvgIpc) is 2.57. The molecule has 2 aromatic carbocycles. The second kappa shape index (κ2) is 7.75. The third-order valence-corrected chi connectivity index (χ3v) is 3.78. The van der Waals surface area contributed by atoms with Gasteiger partial charge in [-0.2, -0.15) is 0 Å². The van der Waals surface area contributed by atoms with Crippen LogP contribution in [0.3, 0.4) is 0 Å². The highest BCUT2D eigenvalue weighted by molar-refractivity contribution is 9.10. The van der Waals surface area contributed by atoms with Crippen molar-refractivity contribution in [3.8, 4) is 5.75 Å². The molecule has 8 nitrogen and oxygen atoms in total. The fourth-order valence-corrected chi connectivity index (χ4v) is 2.50. The number of benzene rings is 2. The van der Waals surface area contributed by atoms with E-state index in [1.165, 1.54) is 19.2 Å². The van der Waals surface area contributed by atoms with Gasteiger partial charge in [0.1, 0.15) is 5.75 Å². The van der Waals surface area contributed by atoms with Gasteiger partial charge in [0.2, 0.25) is 0 Å². The molecular formula is C16H14BrN3O5. The zero-order chi connectivity index (χ0) is 18.6. The summed E-state index contributed by atoms with van der Waals surface area (Å²) in [6.45, 7) is 1.79. The first-order chi connectivity index (χ1) is 11.8. The SMILES string of the molecule is COc1cc([N+](=O)[O-])ccc1NC(=O)C(=O)Nc1ccc(Br)cc1C. The summed E-state index contributed by atoms with van der Waals surface area (Å²) in [7, 11) is 1.31. The molecular weight excluding hydrogens is 394 g/mol. The van der Waals surface area contributed by atoms with Crippen LogP contribution in [0, 0.1) is 17.0 Å². The third kappa shape index (κ3) is 4.54. The van der Waals surface area contributed by atoms with Crippen molar-refractivity contribution >= 4 is 44.8 Å². The maximum atomic E-state index is 12.1. The topological polar surface area (TPSA) is 111 Å². The summed E-state index contributed by atoms with van der Waals surface area (Å²) in [6.07, 6.45) is 0. The van der Waals surface area contributed by atoms with E-state index < -0.39 is 16.7 Å². The Kier molecular flexibility index (Phi) is 5.71. The molecule has 2 amide bonds. The Balaban J connectivity index is 2.13. The van der Waals surface area contributed by atoms with Gasteiger partial charge in [-0.3, -0.25) is 19.7 Å². The standard InChI is InChI=1S/C16H14BrN3O5/c1-9-7-10(17)3-5-12(9)18-15(21)16(22)19-13-6-4-11(20(23)24)8-14(13)25-2/h3-8H,1-2H3,(H,18,21)(H,19,22). The van der Waals surface area contributed by atoms with Crippen LogP contribution in [0.25, 0.3) is 0 Å².